The fourth-order valence-corrected chi connectivity index (χ4v) is 2.67. The summed E-state index contributed by atoms with van der Waals surface area (Å²) < 4.78 is 0. The van der Waals surface area contributed by atoms with Crippen molar-refractivity contribution >= 4 is 11.3 Å². The largest absolute Gasteiger partial charge is 0.315 e. The summed E-state index contributed by atoms with van der Waals surface area (Å²) in [6, 6.07) is 5.52. The molecule has 3 heteroatoms. The van der Waals surface area contributed by atoms with Gasteiger partial charge in [0.2, 0.25) is 0 Å². The van der Waals surface area contributed by atoms with Gasteiger partial charge in [-0.3, -0.25) is 4.90 Å². The van der Waals surface area contributed by atoms with Gasteiger partial charge in [-0.05, 0) is 51.3 Å². The number of rotatable bonds is 8. The molecule has 1 unspecified atom stereocenters. The first-order valence-corrected chi connectivity index (χ1v) is 7.46. The Balaban J connectivity index is 2.14. The zero-order valence-corrected chi connectivity index (χ0v) is 12.4. The van der Waals surface area contributed by atoms with E-state index in [1.54, 1.807) is 0 Å². The van der Waals surface area contributed by atoms with Crippen LogP contribution in [0.25, 0.3) is 0 Å². The SMILES string of the molecule is CC(C)NCCCCN(C)C(C)c1cccs1. The minimum absolute atomic E-state index is 0.549. The molecule has 1 aromatic rings. The number of hydrogen-bond acceptors (Lipinski definition) is 3. The first-order valence-electron chi connectivity index (χ1n) is 6.58. The van der Waals surface area contributed by atoms with E-state index < -0.39 is 0 Å². The average Bonchev–Trinajstić information content (AvgIpc) is 2.80. The summed E-state index contributed by atoms with van der Waals surface area (Å²) in [6.45, 7) is 9.01. The Bertz CT molecular complexity index is 282. The van der Waals surface area contributed by atoms with Crippen molar-refractivity contribution in [2.45, 2.75) is 45.7 Å². The first kappa shape index (κ1) is 14.7. The van der Waals surface area contributed by atoms with Crippen LogP contribution in [0.1, 0.15) is 44.5 Å². The Morgan fingerprint density at radius 3 is 2.65 bits per heavy atom. The molecule has 0 aliphatic heterocycles. The van der Waals surface area contributed by atoms with Crippen LogP contribution in [0.3, 0.4) is 0 Å². The fraction of sp³-hybridized carbons (Fsp3) is 0.714. The Labute approximate surface area is 110 Å². The van der Waals surface area contributed by atoms with E-state index in [-0.39, 0.29) is 0 Å². The summed E-state index contributed by atoms with van der Waals surface area (Å²) in [4.78, 5) is 3.91. The normalized spacial score (nSPS) is 13.5. The third kappa shape index (κ3) is 5.66. The maximum atomic E-state index is 3.46. The average molecular weight is 254 g/mol. The summed E-state index contributed by atoms with van der Waals surface area (Å²) in [6.07, 6.45) is 2.53. The second-order valence-electron chi connectivity index (χ2n) is 4.99. The van der Waals surface area contributed by atoms with E-state index in [2.05, 4.69) is 55.5 Å². The lowest BCUT2D eigenvalue weighted by Gasteiger charge is -2.23. The molecule has 0 aliphatic rings. The van der Waals surface area contributed by atoms with Crippen LogP contribution >= 0.6 is 11.3 Å². The molecular weight excluding hydrogens is 228 g/mol. The Morgan fingerprint density at radius 1 is 1.29 bits per heavy atom. The van der Waals surface area contributed by atoms with E-state index in [0.717, 1.165) is 6.54 Å². The van der Waals surface area contributed by atoms with E-state index in [4.69, 9.17) is 0 Å². The molecule has 17 heavy (non-hydrogen) atoms. The molecule has 0 aromatic carbocycles. The lowest BCUT2D eigenvalue weighted by atomic mass is 10.2. The Morgan fingerprint density at radius 2 is 2.06 bits per heavy atom. The van der Waals surface area contributed by atoms with E-state index in [9.17, 15) is 0 Å². The van der Waals surface area contributed by atoms with Crippen molar-refractivity contribution in [3.63, 3.8) is 0 Å². The van der Waals surface area contributed by atoms with Gasteiger partial charge in [-0.2, -0.15) is 0 Å². The smallest absolute Gasteiger partial charge is 0.0410 e. The maximum absolute atomic E-state index is 3.46. The van der Waals surface area contributed by atoms with Gasteiger partial charge in [-0.25, -0.2) is 0 Å². The van der Waals surface area contributed by atoms with Crippen molar-refractivity contribution in [1.82, 2.24) is 10.2 Å². The van der Waals surface area contributed by atoms with Crippen LogP contribution < -0.4 is 5.32 Å². The summed E-state index contributed by atoms with van der Waals surface area (Å²) in [5.41, 5.74) is 0. The molecule has 2 nitrogen and oxygen atoms in total. The highest BCUT2D eigenvalue weighted by atomic mass is 32.1. The molecular formula is C14H26N2S. The van der Waals surface area contributed by atoms with Crippen molar-refractivity contribution < 1.29 is 0 Å². The summed E-state index contributed by atoms with van der Waals surface area (Å²) in [5.74, 6) is 0. The topological polar surface area (TPSA) is 15.3 Å². The van der Waals surface area contributed by atoms with Gasteiger partial charge in [0.05, 0.1) is 0 Å². The van der Waals surface area contributed by atoms with Crippen LogP contribution in [0.2, 0.25) is 0 Å². The zero-order valence-electron chi connectivity index (χ0n) is 11.6. The third-order valence-electron chi connectivity index (χ3n) is 3.11. The monoisotopic (exact) mass is 254 g/mol. The molecule has 0 spiro atoms. The highest BCUT2D eigenvalue weighted by Gasteiger charge is 2.11. The molecule has 1 atom stereocenters. The van der Waals surface area contributed by atoms with Gasteiger partial charge in [0.15, 0.2) is 0 Å². The second-order valence-corrected chi connectivity index (χ2v) is 5.97. The van der Waals surface area contributed by atoms with Crippen LogP contribution in [0.15, 0.2) is 17.5 Å². The molecule has 0 fully saturated rings. The van der Waals surface area contributed by atoms with E-state index in [1.165, 1.54) is 24.3 Å². The molecule has 1 aromatic heterocycles. The van der Waals surface area contributed by atoms with Gasteiger partial charge in [0.1, 0.15) is 0 Å². The van der Waals surface area contributed by atoms with Gasteiger partial charge >= 0.3 is 0 Å². The third-order valence-corrected chi connectivity index (χ3v) is 4.15. The molecule has 0 bridgehead atoms. The molecule has 0 saturated heterocycles. The number of hydrogen-bond donors (Lipinski definition) is 1. The van der Waals surface area contributed by atoms with Crippen LogP contribution in [0.4, 0.5) is 0 Å². The molecule has 0 radical (unpaired) electrons. The molecule has 0 amide bonds. The molecule has 1 rings (SSSR count). The molecule has 0 aliphatic carbocycles. The van der Waals surface area contributed by atoms with Gasteiger partial charge in [-0.15, -0.1) is 11.3 Å². The van der Waals surface area contributed by atoms with Crippen molar-refractivity contribution in [3.8, 4) is 0 Å². The van der Waals surface area contributed by atoms with Crippen LogP contribution in [-0.2, 0) is 0 Å². The lowest BCUT2D eigenvalue weighted by Crippen LogP contribution is -2.26. The first-order chi connectivity index (χ1) is 8.11. The quantitative estimate of drug-likeness (QED) is 0.714. The van der Waals surface area contributed by atoms with Crippen molar-refractivity contribution in [2.75, 3.05) is 20.1 Å². The molecule has 98 valence electrons. The number of nitrogens with one attached hydrogen (secondary N) is 1. The van der Waals surface area contributed by atoms with Crippen LogP contribution in [0, 0.1) is 0 Å². The van der Waals surface area contributed by atoms with Crippen molar-refractivity contribution in [3.05, 3.63) is 22.4 Å². The van der Waals surface area contributed by atoms with Crippen LogP contribution in [-0.4, -0.2) is 31.1 Å². The highest BCUT2D eigenvalue weighted by Crippen LogP contribution is 2.23. The lowest BCUT2D eigenvalue weighted by molar-refractivity contribution is 0.259. The standard InChI is InChI=1S/C14H26N2S/c1-12(2)15-9-5-6-10-16(4)13(3)14-8-7-11-17-14/h7-8,11-13,15H,5-6,9-10H2,1-4H3. The van der Waals surface area contributed by atoms with Gasteiger partial charge < -0.3 is 5.32 Å². The summed E-state index contributed by atoms with van der Waals surface area (Å²) in [5, 5.41) is 5.62. The molecule has 1 heterocycles. The Hall–Kier alpha value is -0.380. The minimum atomic E-state index is 0.549. The number of nitrogens with zero attached hydrogens (tertiary/aromatic N) is 1. The summed E-state index contributed by atoms with van der Waals surface area (Å²) >= 11 is 1.85. The maximum Gasteiger partial charge on any atom is 0.0410 e. The van der Waals surface area contributed by atoms with E-state index in [1.807, 2.05) is 11.3 Å². The van der Waals surface area contributed by atoms with Gasteiger partial charge in [-0.1, -0.05) is 19.9 Å². The van der Waals surface area contributed by atoms with Crippen molar-refractivity contribution in [1.29, 1.82) is 0 Å². The van der Waals surface area contributed by atoms with Gasteiger partial charge in [0, 0.05) is 17.0 Å². The van der Waals surface area contributed by atoms with Crippen molar-refractivity contribution in [2.24, 2.45) is 0 Å². The van der Waals surface area contributed by atoms with E-state index in [0.29, 0.717) is 12.1 Å². The summed E-state index contributed by atoms with van der Waals surface area (Å²) in [7, 11) is 2.22. The van der Waals surface area contributed by atoms with Gasteiger partial charge in [0.25, 0.3) is 0 Å². The predicted octanol–water partition coefficient (Wildman–Crippen LogP) is 3.52. The molecule has 0 saturated carbocycles. The highest BCUT2D eigenvalue weighted by molar-refractivity contribution is 7.10. The fourth-order valence-electron chi connectivity index (χ4n) is 1.82. The van der Waals surface area contributed by atoms with Crippen LogP contribution in [0.5, 0.6) is 0 Å². The molecule has 1 N–H and O–H groups in total. The second kappa shape index (κ2) is 7.85. The number of thiophene rings is 1. The minimum Gasteiger partial charge on any atom is -0.315 e. The number of unbranched alkanes of at least 4 members (excludes halogenated alkanes) is 1. The predicted molar refractivity (Wildman–Crippen MR) is 77.7 cm³/mol. The van der Waals surface area contributed by atoms with E-state index >= 15 is 0 Å². The zero-order chi connectivity index (χ0) is 12.7. The Kier molecular flexibility index (Phi) is 6.78.